The van der Waals surface area contributed by atoms with E-state index in [2.05, 4.69) is 4.74 Å². The topological polar surface area (TPSA) is 54.0 Å². The molecular formula is C16H38O5. The lowest BCUT2D eigenvalue weighted by molar-refractivity contribution is -0.140. The quantitative estimate of drug-likeness (QED) is 0.671. The van der Waals surface area contributed by atoms with Crippen LogP contribution in [0.2, 0.25) is 0 Å². The number of esters is 1. The molecule has 0 heterocycles. The van der Waals surface area contributed by atoms with E-state index < -0.39 is 0 Å². The average Bonchev–Trinajstić information content (AvgIpc) is 2.43. The van der Waals surface area contributed by atoms with Gasteiger partial charge in [0.05, 0.1) is 6.61 Å². The number of carbonyl (C=O) groups excluding carboxylic acids is 1. The van der Waals surface area contributed by atoms with Gasteiger partial charge in [-0.15, -0.1) is 0 Å². The van der Waals surface area contributed by atoms with Crippen LogP contribution >= 0.6 is 0 Å². The Labute approximate surface area is 132 Å². The van der Waals surface area contributed by atoms with Crippen molar-refractivity contribution in [3.05, 3.63) is 0 Å². The van der Waals surface area contributed by atoms with Gasteiger partial charge in [0.2, 0.25) is 0 Å². The van der Waals surface area contributed by atoms with Gasteiger partial charge >= 0.3 is 5.97 Å². The molecule has 132 valence electrons. The monoisotopic (exact) mass is 310 g/mol. The zero-order valence-corrected chi connectivity index (χ0v) is 15.5. The highest BCUT2D eigenvalue weighted by molar-refractivity contribution is 5.65. The van der Waals surface area contributed by atoms with Gasteiger partial charge in [-0.2, -0.15) is 0 Å². The first-order chi connectivity index (χ1) is 10.0. The number of hydrogen-bond donors (Lipinski definition) is 0. The fourth-order valence-electron chi connectivity index (χ4n) is 0.816. The molecule has 0 aromatic carbocycles. The molecule has 0 amide bonds. The Morgan fingerprint density at radius 1 is 0.571 bits per heavy atom. The van der Waals surface area contributed by atoms with Crippen LogP contribution in [0.3, 0.4) is 0 Å². The van der Waals surface area contributed by atoms with Crippen molar-refractivity contribution in [1.82, 2.24) is 0 Å². The van der Waals surface area contributed by atoms with Crippen LogP contribution < -0.4 is 0 Å². The second-order valence-electron chi connectivity index (χ2n) is 3.27. The first-order valence-electron chi connectivity index (χ1n) is 7.88. The minimum Gasteiger partial charge on any atom is -0.466 e. The maximum absolute atomic E-state index is 9.82. The van der Waals surface area contributed by atoms with Gasteiger partial charge in [0.1, 0.15) is 0 Å². The smallest absolute Gasteiger partial charge is 0.302 e. The summed E-state index contributed by atoms with van der Waals surface area (Å²) in [6.45, 7) is 20.7. The Morgan fingerprint density at radius 2 is 0.810 bits per heavy atom. The fourth-order valence-corrected chi connectivity index (χ4v) is 0.816. The number of carbonyl (C=O) groups is 1. The molecule has 0 aliphatic carbocycles. The number of rotatable bonds is 7. The summed E-state index contributed by atoms with van der Waals surface area (Å²) < 4.78 is 18.9. The van der Waals surface area contributed by atoms with Crippen molar-refractivity contribution in [2.24, 2.45) is 0 Å². The van der Waals surface area contributed by atoms with Crippen LogP contribution in [0.1, 0.15) is 55.4 Å². The van der Waals surface area contributed by atoms with Crippen molar-refractivity contribution in [3.63, 3.8) is 0 Å². The molecule has 0 aliphatic heterocycles. The van der Waals surface area contributed by atoms with Crippen LogP contribution in [-0.4, -0.2) is 52.2 Å². The van der Waals surface area contributed by atoms with Crippen LogP contribution in [0.4, 0.5) is 0 Å². The average molecular weight is 310 g/mol. The Hall–Kier alpha value is -0.650. The van der Waals surface area contributed by atoms with Crippen molar-refractivity contribution in [3.8, 4) is 0 Å². The minimum absolute atomic E-state index is 0.211. The van der Waals surface area contributed by atoms with Crippen LogP contribution in [-0.2, 0) is 23.7 Å². The van der Waals surface area contributed by atoms with E-state index in [1.165, 1.54) is 6.92 Å². The molecule has 5 heteroatoms. The molecule has 0 radical (unpaired) electrons. The first kappa shape index (κ1) is 28.5. The Morgan fingerprint density at radius 3 is 0.810 bits per heavy atom. The standard InChI is InChI=1S/C4H8O2.3C4H10O/c1-3-6-4(2)5;3*1-3-5-4-2/h3H2,1-2H3;3*3-4H2,1-2H3. The molecule has 5 nitrogen and oxygen atoms in total. The van der Waals surface area contributed by atoms with Crippen molar-refractivity contribution in [2.75, 3.05) is 46.2 Å². The van der Waals surface area contributed by atoms with Gasteiger partial charge in [0.25, 0.3) is 0 Å². The molecule has 0 rings (SSSR count). The van der Waals surface area contributed by atoms with Crippen LogP contribution in [0.5, 0.6) is 0 Å². The molecule has 0 saturated heterocycles. The van der Waals surface area contributed by atoms with Crippen LogP contribution in [0, 0.1) is 0 Å². The van der Waals surface area contributed by atoms with E-state index in [0.29, 0.717) is 6.61 Å². The van der Waals surface area contributed by atoms with E-state index in [9.17, 15) is 4.79 Å². The van der Waals surface area contributed by atoms with E-state index in [-0.39, 0.29) is 5.97 Å². The van der Waals surface area contributed by atoms with E-state index >= 15 is 0 Å². The summed E-state index contributed by atoms with van der Waals surface area (Å²) in [6.07, 6.45) is 0. The predicted octanol–water partition coefficient (Wildman–Crippen LogP) is 3.70. The Balaban J connectivity index is -0.0000000921. The highest BCUT2D eigenvalue weighted by Crippen LogP contribution is 1.69. The second-order valence-corrected chi connectivity index (χ2v) is 3.27. The summed E-state index contributed by atoms with van der Waals surface area (Å²) in [4.78, 5) is 9.82. The summed E-state index contributed by atoms with van der Waals surface area (Å²) in [5, 5.41) is 0. The summed E-state index contributed by atoms with van der Waals surface area (Å²) in [5.41, 5.74) is 0. The van der Waals surface area contributed by atoms with Gasteiger partial charge in [0, 0.05) is 46.6 Å². The predicted molar refractivity (Wildman–Crippen MR) is 88.8 cm³/mol. The lowest BCUT2D eigenvalue weighted by Crippen LogP contribution is -1.95. The maximum Gasteiger partial charge on any atom is 0.302 e. The zero-order valence-electron chi connectivity index (χ0n) is 15.5. The van der Waals surface area contributed by atoms with E-state index in [0.717, 1.165) is 39.6 Å². The fraction of sp³-hybridized carbons (Fsp3) is 0.938. The summed E-state index contributed by atoms with van der Waals surface area (Å²) >= 11 is 0. The van der Waals surface area contributed by atoms with Crippen molar-refractivity contribution < 1.29 is 23.7 Å². The molecule has 0 unspecified atom stereocenters. The largest absolute Gasteiger partial charge is 0.466 e. The summed E-state index contributed by atoms with van der Waals surface area (Å²) in [6, 6.07) is 0. The van der Waals surface area contributed by atoms with Gasteiger partial charge in [-0.25, -0.2) is 0 Å². The summed E-state index contributed by atoms with van der Waals surface area (Å²) in [7, 11) is 0. The van der Waals surface area contributed by atoms with Crippen LogP contribution in [0.15, 0.2) is 0 Å². The molecule has 0 spiro atoms. The summed E-state index contributed by atoms with van der Waals surface area (Å²) in [5.74, 6) is -0.211. The second kappa shape index (κ2) is 36.6. The third kappa shape index (κ3) is 83.5. The van der Waals surface area contributed by atoms with Crippen molar-refractivity contribution in [2.45, 2.75) is 55.4 Å². The van der Waals surface area contributed by atoms with Crippen molar-refractivity contribution in [1.29, 1.82) is 0 Å². The number of ether oxygens (including phenoxy) is 4. The molecule has 0 saturated carbocycles. The van der Waals surface area contributed by atoms with E-state index in [4.69, 9.17) is 14.2 Å². The molecule has 0 aromatic heterocycles. The highest BCUT2D eigenvalue weighted by atomic mass is 16.5. The molecule has 0 aliphatic rings. The molecule has 0 bridgehead atoms. The third-order valence-electron chi connectivity index (χ3n) is 1.57. The molecular weight excluding hydrogens is 272 g/mol. The molecule has 0 N–H and O–H groups in total. The number of hydrogen-bond acceptors (Lipinski definition) is 5. The molecule has 0 aromatic rings. The zero-order chi connectivity index (χ0) is 17.4. The molecule has 0 fully saturated rings. The highest BCUT2D eigenvalue weighted by Gasteiger charge is 1.81. The Kier molecular flexibility index (Phi) is 49.6. The van der Waals surface area contributed by atoms with Gasteiger partial charge in [-0.1, -0.05) is 0 Å². The molecule has 0 atom stereocenters. The lowest BCUT2D eigenvalue weighted by atomic mass is 10.8. The molecule has 21 heavy (non-hydrogen) atoms. The third-order valence-corrected chi connectivity index (χ3v) is 1.57. The Bertz CT molecular complexity index is 131. The van der Waals surface area contributed by atoms with Crippen molar-refractivity contribution >= 4 is 5.97 Å². The normalized spacial score (nSPS) is 8.19. The maximum atomic E-state index is 9.82. The van der Waals surface area contributed by atoms with Crippen LogP contribution in [0.25, 0.3) is 0 Å². The first-order valence-corrected chi connectivity index (χ1v) is 7.88. The van der Waals surface area contributed by atoms with E-state index in [1.54, 1.807) is 6.92 Å². The SMILES string of the molecule is CCOC(C)=O.CCOCC.CCOCC.CCOCC. The van der Waals surface area contributed by atoms with Gasteiger partial charge < -0.3 is 18.9 Å². The minimum atomic E-state index is -0.211. The van der Waals surface area contributed by atoms with Gasteiger partial charge in [-0.3, -0.25) is 4.79 Å². The van der Waals surface area contributed by atoms with Gasteiger partial charge in [0.15, 0.2) is 0 Å². The van der Waals surface area contributed by atoms with Gasteiger partial charge in [-0.05, 0) is 48.5 Å². The lowest BCUT2D eigenvalue weighted by Gasteiger charge is -1.89. The van der Waals surface area contributed by atoms with E-state index in [1.807, 2.05) is 41.5 Å².